The Bertz CT molecular complexity index is 699. The van der Waals surface area contributed by atoms with Gasteiger partial charge in [-0.2, -0.15) is 0 Å². The Kier molecular flexibility index (Phi) is 4.48. The molecule has 1 N–H and O–H groups in total. The molecule has 23 heavy (non-hydrogen) atoms. The first-order valence-corrected chi connectivity index (χ1v) is 9.55. The van der Waals surface area contributed by atoms with Crippen molar-refractivity contribution in [2.45, 2.75) is 38.1 Å². The molecule has 1 aliphatic carbocycles. The normalized spacial score (nSPS) is 24.8. The lowest BCUT2D eigenvalue weighted by Crippen LogP contribution is -2.38. The Balaban J connectivity index is 1.38. The number of nitrogens with zero attached hydrogens (tertiary/aromatic N) is 2. The van der Waals surface area contributed by atoms with Gasteiger partial charge in [-0.25, -0.2) is 4.98 Å². The van der Waals surface area contributed by atoms with E-state index in [1.807, 2.05) is 12.4 Å². The van der Waals surface area contributed by atoms with Crippen molar-refractivity contribution in [3.05, 3.63) is 51.0 Å². The molecule has 1 saturated heterocycles. The van der Waals surface area contributed by atoms with Gasteiger partial charge in [0.25, 0.3) is 0 Å². The second-order valence-corrected chi connectivity index (χ2v) is 8.14. The van der Waals surface area contributed by atoms with E-state index in [2.05, 4.69) is 42.9 Å². The molecule has 2 heterocycles. The van der Waals surface area contributed by atoms with Gasteiger partial charge in [0, 0.05) is 34.2 Å². The fraction of sp³-hybridized carbons (Fsp3) is 0.500. The van der Waals surface area contributed by atoms with Crippen molar-refractivity contribution in [3.63, 3.8) is 0 Å². The molecule has 2 unspecified atom stereocenters. The van der Waals surface area contributed by atoms with Crippen molar-refractivity contribution in [2.75, 3.05) is 13.1 Å². The smallest absolute Gasteiger partial charge is 0.0925 e. The fourth-order valence-electron chi connectivity index (χ4n) is 4.05. The predicted octanol–water partition coefficient (Wildman–Crippen LogP) is 4.25. The first-order chi connectivity index (χ1) is 11.2. The number of aromatic nitrogens is 2. The van der Waals surface area contributed by atoms with Crippen molar-refractivity contribution >= 4 is 27.5 Å². The van der Waals surface area contributed by atoms with Crippen LogP contribution in [0.1, 0.15) is 29.8 Å². The number of hydrogen-bond donors (Lipinski definition) is 1. The first kappa shape index (κ1) is 15.7. The SMILES string of the molecule is Clc1cc(Br)ccc1CC1CCN(C2CCc3nc[nH]c3C2)C1. The topological polar surface area (TPSA) is 31.9 Å². The molecular weight excluding hydrogens is 374 g/mol. The van der Waals surface area contributed by atoms with E-state index in [-0.39, 0.29) is 0 Å². The summed E-state index contributed by atoms with van der Waals surface area (Å²) < 4.78 is 1.05. The van der Waals surface area contributed by atoms with Crippen LogP contribution in [0.3, 0.4) is 0 Å². The van der Waals surface area contributed by atoms with Gasteiger partial charge in [0.2, 0.25) is 0 Å². The zero-order chi connectivity index (χ0) is 15.8. The number of nitrogens with one attached hydrogen (secondary N) is 1. The van der Waals surface area contributed by atoms with Gasteiger partial charge in [0.1, 0.15) is 0 Å². The van der Waals surface area contributed by atoms with Crippen molar-refractivity contribution in [2.24, 2.45) is 5.92 Å². The third-order valence-electron chi connectivity index (χ3n) is 5.32. The maximum absolute atomic E-state index is 6.38. The zero-order valence-electron chi connectivity index (χ0n) is 13.1. The average Bonchev–Trinajstić information content (AvgIpc) is 3.18. The van der Waals surface area contributed by atoms with Crippen LogP contribution in [0, 0.1) is 5.92 Å². The molecule has 5 heteroatoms. The Morgan fingerprint density at radius 2 is 2.26 bits per heavy atom. The van der Waals surface area contributed by atoms with Gasteiger partial charge in [-0.3, -0.25) is 4.90 Å². The Morgan fingerprint density at radius 1 is 1.35 bits per heavy atom. The molecule has 0 bridgehead atoms. The van der Waals surface area contributed by atoms with Gasteiger partial charge >= 0.3 is 0 Å². The number of hydrogen-bond acceptors (Lipinski definition) is 2. The molecule has 4 rings (SSSR count). The molecule has 0 radical (unpaired) electrons. The summed E-state index contributed by atoms with van der Waals surface area (Å²) in [5, 5.41) is 0.887. The lowest BCUT2D eigenvalue weighted by molar-refractivity contribution is 0.212. The van der Waals surface area contributed by atoms with Crippen molar-refractivity contribution in [3.8, 4) is 0 Å². The van der Waals surface area contributed by atoms with Crippen LogP contribution in [0.15, 0.2) is 29.0 Å². The Morgan fingerprint density at radius 3 is 3.13 bits per heavy atom. The number of aromatic amines is 1. The summed E-state index contributed by atoms with van der Waals surface area (Å²) in [5.41, 5.74) is 3.90. The summed E-state index contributed by atoms with van der Waals surface area (Å²) in [6, 6.07) is 6.93. The summed E-state index contributed by atoms with van der Waals surface area (Å²) in [7, 11) is 0. The van der Waals surface area contributed by atoms with E-state index in [0.717, 1.165) is 34.7 Å². The van der Waals surface area contributed by atoms with E-state index in [1.54, 1.807) is 0 Å². The largest absolute Gasteiger partial charge is 0.348 e. The quantitative estimate of drug-likeness (QED) is 0.844. The second kappa shape index (κ2) is 6.58. The van der Waals surface area contributed by atoms with Gasteiger partial charge in [0.15, 0.2) is 0 Å². The summed E-state index contributed by atoms with van der Waals surface area (Å²) in [4.78, 5) is 10.4. The van der Waals surface area contributed by atoms with Crippen LogP contribution in [0.5, 0.6) is 0 Å². The molecule has 1 fully saturated rings. The maximum Gasteiger partial charge on any atom is 0.0925 e. The van der Waals surface area contributed by atoms with Crippen LogP contribution in [0.25, 0.3) is 0 Å². The third kappa shape index (κ3) is 3.35. The number of imidazole rings is 1. The highest BCUT2D eigenvalue weighted by atomic mass is 79.9. The van der Waals surface area contributed by atoms with Crippen LogP contribution in [-0.4, -0.2) is 34.0 Å². The molecule has 0 saturated carbocycles. The van der Waals surface area contributed by atoms with Gasteiger partial charge in [0.05, 0.1) is 12.0 Å². The summed E-state index contributed by atoms with van der Waals surface area (Å²) >= 11 is 9.86. The van der Waals surface area contributed by atoms with Gasteiger partial charge in [-0.05, 0) is 55.8 Å². The third-order valence-corrected chi connectivity index (χ3v) is 6.16. The highest BCUT2D eigenvalue weighted by molar-refractivity contribution is 9.10. The van der Waals surface area contributed by atoms with E-state index < -0.39 is 0 Å². The second-order valence-electron chi connectivity index (χ2n) is 6.81. The molecule has 2 aliphatic rings. The molecule has 0 spiro atoms. The minimum Gasteiger partial charge on any atom is -0.348 e. The van der Waals surface area contributed by atoms with Crippen LogP contribution < -0.4 is 0 Å². The van der Waals surface area contributed by atoms with Crippen molar-refractivity contribution < 1.29 is 0 Å². The summed E-state index contributed by atoms with van der Waals surface area (Å²) in [6.07, 6.45) is 7.69. The average molecular weight is 395 g/mol. The van der Waals surface area contributed by atoms with Crippen molar-refractivity contribution in [1.82, 2.24) is 14.9 Å². The Labute approximate surface area is 150 Å². The minimum atomic E-state index is 0.674. The van der Waals surface area contributed by atoms with E-state index in [9.17, 15) is 0 Å². The van der Waals surface area contributed by atoms with E-state index in [0.29, 0.717) is 6.04 Å². The molecule has 2 aromatic rings. The van der Waals surface area contributed by atoms with Crippen LogP contribution in [-0.2, 0) is 19.3 Å². The molecule has 1 aromatic heterocycles. The van der Waals surface area contributed by atoms with E-state index in [1.165, 1.54) is 42.9 Å². The van der Waals surface area contributed by atoms with E-state index >= 15 is 0 Å². The van der Waals surface area contributed by atoms with Crippen LogP contribution >= 0.6 is 27.5 Å². The number of halogens is 2. The Hall–Kier alpha value is -0.840. The van der Waals surface area contributed by atoms with Crippen molar-refractivity contribution in [1.29, 1.82) is 0 Å². The highest BCUT2D eigenvalue weighted by Gasteiger charge is 2.31. The zero-order valence-corrected chi connectivity index (χ0v) is 15.4. The molecule has 1 aliphatic heterocycles. The lowest BCUT2D eigenvalue weighted by atomic mass is 9.94. The minimum absolute atomic E-state index is 0.674. The molecule has 0 amide bonds. The van der Waals surface area contributed by atoms with E-state index in [4.69, 9.17) is 11.6 Å². The highest BCUT2D eigenvalue weighted by Crippen LogP contribution is 2.30. The standard InChI is InChI=1S/C18H21BrClN3/c19-14-2-1-13(16(20)8-14)7-12-5-6-23(10-12)15-3-4-17-18(9-15)22-11-21-17/h1-2,8,11-12,15H,3-7,9-10H2,(H,21,22). The van der Waals surface area contributed by atoms with Gasteiger partial charge < -0.3 is 4.98 Å². The molecule has 2 atom stereocenters. The van der Waals surface area contributed by atoms with Gasteiger partial charge in [-0.15, -0.1) is 0 Å². The van der Waals surface area contributed by atoms with Gasteiger partial charge in [-0.1, -0.05) is 33.6 Å². The van der Waals surface area contributed by atoms with Crippen LogP contribution in [0.2, 0.25) is 5.02 Å². The lowest BCUT2D eigenvalue weighted by Gasteiger charge is -2.30. The number of likely N-dealkylation sites (tertiary alicyclic amines) is 1. The molecular formula is C18H21BrClN3. The molecule has 3 nitrogen and oxygen atoms in total. The number of benzene rings is 1. The summed E-state index contributed by atoms with van der Waals surface area (Å²) in [6.45, 7) is 2.41. The first-order valence-electron chi connectivity index (χ1n) is 8.38. The maximum atomic E-state index is 6.38. The van der Waals surface area contributed by atoms with Crippen LogP contribution in [0.4, 0.5) is 0 Å². The number of fused-ring (bicyclic) bond motifs is 1. The summed E-state index contributed by atoms with van der Waals surface area (Å²) in [5.74, 6) is 0.719. The number of rotatable bonds is 3. The molecule has 122 valence electrons. The molecule has 1 aromatic carbocycles. The number of H-pyrrole nitrogens is 1. The fourth-order valence-corrected chi connectivity index (χ4v) is 4.80. The number of aryl methyl sites for hydroxylation is 1. The predicted molar refractivity (Wildman–Crippen MR) is 96.9 cm³/mol. The monoisotopic (exact) mass is 393 g/mol.